The van der Waals surface area contributed by atoms with Crippen molar-refractivity contribution in [3.8, 4) is 28.0 Å². The molecule has 33 heavy (non-hydrogen) atoms. The monoisotopic (exact) mass is 566 g/mol. The van der Waals surface area contributed by atoms with Crippen LogP contribution in [-0.2, 0) is 14.1 Å². The summed E-state index contributed by atoms with van der Waals surface area (Å²) in [6.07, 6.45) is 1.55. The van der Waals surface area contributed by atoms with Crippen LogP contribution in [-0.4, -0.2) is 20.5 Å². The van der Waals surface area contributed by atoms with Crippen LogP contribution >= 0.6 is 36.1 Å². The summed E-state index contributed by atoms with van der Waals surface area (Å²) in [6, 6.07) is 13.9. The molecule has 0 aliphatic carbocycles. The zero-order chi connectivity index (χ0) is 23.8. The molecule has 0 aliphatic heterocycles. The molecule has 11 heteroatoms. The molecule has 0 atom stereocenters. The molecule has 0 saturated heterocycles. The number of nitrogens with one attached hydrogen (secondary N) is 1. The lowest BCUT2D eigenvalue weighted by Gasteiger charge is -2.16. The van der Waals surface area contributed by atoms with Crippen LogP contribution in [0.2, 0.25) is 5.02 Å². The SMILES string of the molecule is COc1cc(-c2cccc(F)c2)c(Cl)cc1-c1c(Br)cnc2cc(S(=O)(=O)OP=N)ccc12. The molecule has 1 N–H and O–H groups in total. The van der Waals surface area contributed by atoms with Crippen LogP contribution < -0.4 is 4.74 Å². The third kappa shape index (κ3) is 4.65. The Morgan fingerprint density at radius 2 is 1.91 bits per heavy atom. The quantitative estimate of drug-likeness (QED) is 0.244. The number of pyridine rings is 1. The molecule has 0 saturated carbocycles. The Balaban J connectivity index is 1.94. The van der Waals surface area contributed by atoms with Gasteiger partial charge in [0.1, 0.15) is 11.6 Å². The standard InChI is InChI=1S/C22H14BrClFN2O4PS/c1-30-21-10-16(12-3-2-4-13(25)7-12)19(24)9-17(21)22-15-6-5-14(33(28,29)31-32-26)8-20(15)27-11-18(22)23/h2-11,26H,1H3. The van der Waals surface area contributed by atoms with Crippen LogP contribution in [0, 0.1) is 11.0 Å². The van der Waals surface area contributed by atoms with E-state index in [1.54, 1.807) is 36.5 Å². The molecular weight excluding hydrogens is 554 g/mol. The molecule has 4 aromatic rings. The molecule has 1 aromatic heterocycles. The van der Waals surface area contributed by atoms with Gasteiger partial charge in [0.15, 0.2) is 8.60 Å². The highest BCUT2D eigenvalue weighted by atomic mass is 79.9. The molecule has 168 valence electrons. The topological polar surface area (TPSA) is 89.3 Å². The molecule has 0 unspecified atom stereocenters. The summed E-state index contributed by atoms with van der Waals surface area (Å²) in [6.45, 7) is 0. The van der Waals surface area contributed by atoms with E-state index in [1.165, 1.54) is 31.4 Å². The van der Waals surface area contributed by atoms with E-state index >= 15 is 0 Å². The fraction of sp³-hybridized carbons (Fsp3) is 0.0455. The van der Waals surface area contributed by atoms with Gasteiger partial charge in [0, 0.05) is 37.8 Å². The molecule has 0 fully saturated rings. The van der Waals surface area contributed by atoms with Gasteiger partial charge < -0.3 is 4.74 Å². The van der Waals surface area contributed by atoms with E-state index in [2.05, 4.69) is 24.9 Å². The molecule has 0 spiro atoms. The van der Waals surface area contributed by atoms with E-state index in [4.69, 9.17) is 21.5 Å². The lowest BCUT2D eigenvalue weighted by molar-refractivity contribution is 0.416. The molecule has 0 aliphatic rings. The minimum Gasteiger partial charge on any atom is -0.496 e. The van der Waals surface area contributed by atoms with Crippen LogP contribution in [0.1, 0.15) is 0 Å². The number of hydrogen-bond acceptors (Lipinski definition) is 6. The van der Waals surface area contributed by atoms with Crippen molar-refractivity contribution in [2.75, 3.05) is 7.11 Å². The van der Waals surface area contributed by atoms with Crippen LogP contribution in [0.15, 0.2) is 70.2 Å². The van der Waals surface area contributed by atoms with E-state index in [1.807, 2.05) is 0 Å². The Hall–Kier alpha value is -2.42. The van der Waals surface area contributed by atoms with E-state index in [0.29, 0.717) is 48.4 Å². The molecular formula is C22H14BrClFN2O4PS. The Kier molecular flexibility index (Phi) is 6.79. The number of nitrogens with zero attached hydrogens (tertiary/aromatic N) is 1. The largest absolute Gasteiger partial charge is 0.496 e. The van der Waals surface area contributed by atoms with E-state index < -0.39 is 18.7 Å². The van der Waals surface area contributed by atoms with Gasteiger partial charge in [-0.15, -0.1) is 0 Å². The molecule has 0 bridgehead atoms. The van der Waals surface area contributed by atoms with Gasteiger partial charge in [-0.2, -0.15) is 12.4 Å². The summed E-state index contributed by atoms with van der Waals surface area (Å²) < 4.78 is 48.9. The number of halogens is 3. The number of hydrogen-bond donors (Lipinski definition) is 1. The van der Waals surface area contributed by atoms with E-state index in [9.17, 15) is 12.8 Å². The maximum Gasteiger partial charge on any atom is 0.306 e. The number of ether oxygens (including phenoxy) is 1. The van der Waals surface area contributed by atoms with E-state index in [0.717, 1.165) is 0 Å². The second-order valence-electron chi connectivity index (χ2n) is 6.82. The fourth-order valence-electron chi connectivity index (χ4n) is 3.47. The Labute approximate surface area is 204 Å². The molecule has 6 nitrogen and oxygen atoms in total. The van der Waals surface area contributed by atoms with Gasteiger partial charge in [-0.1, -0.05) is 29.8 Å². The summed E-state index contributed by atoms with van der Waals surface area (Å²) in [5.41, 5.74) is 2.93. The lowest BCUT2D eigenvalue weighted by Crippen LogP contribution is -2.00. The number of benzene rings is 3. The van der Waals surface area contributed by atoms with Gasteiger partial charge >= 0.3 is 10.1 Å². The minimum absolute atomic E-state index is 0.109. The Bertz CT molecular complexity index is 1520. The first-order chi connectivity index (χ1) is 15.7. The molecule has 4 rings (SSSR count). The summed E-state index contributed by atoms with van der Waals surface area (Å²) in [5, 5.41) is 8.03. The molecule has 0 radical (unpaired) electrons. The van der Waals surface area contributed by atoms with Crippen LogP contribution in [0.25, 0.3) is 33.2 Å². The highest BCUT2D eigenvalue weighted by molar-refractivity contribution is 9.10. The van der Waals surface area contributed by atoms with Gasteiger partial charge in [-0.3, -0.25) is 10.1 Å². The fourth-order valence-corrected chi connectivity index (χ4v) is 5.50. The van der Waals surface area contributed by atoms with Crippen LogP contribution in [0.4, 0.5) is 4.39 Å². The zero-order valence-electron chi connectivity index (χ0n) is 16.8. The highest BCUT2D eigenvalue weighted by Gasteiger charge is 2.20. The van der Waals surface area contributed by atoms with Gasteiger partial charge in [-0.05, 0) is 57.9 Å². The number of aromatic nitrogens is 1. The number of methoxy groups -OCH3 is 1. The normalized spacial score (nSPS) is 11.8. The smallest absolute Gasteiger partial charge is 0.306 e. The van der Waals surface area contributed by atoms with Crippen molar-refractivity contribution >= 4 is 57.2 Å². The van der Waals surface area contributed by atoms with Crippen molar-refractivity contribution in [1.82, 2.24) is 4.98 Å². The van der Waals surface area contributed by atoms with Crippen molar-refractivity contribution in [2.45, 2.75) is 4.90 Å². The Morgan fingerprint density at radius 1 is 1.12 bits per heavy atom. The summed E-state index contributed by atoms with van der Waals surface area (Å²) >= 11 is 10.1. The highest BCUT2D eigenvalue weighted by Crippen LogP contribution is 2.44. The lowest BCUT2D eigenvalue weighted by atomic mass is 9.96. The Morgan fingerprint density at radius 3 is 2.61 bits per heavy atom. The van der Waals surface area contributed by atoms with Gasteiger partial charge in [0.2, 0.25) is 0 Å². The van der Waals surface area contributed by atoms with Crippen molar-refractivity contribution in [3.05, 3.63) is 76.1 Å². The van der Waals surface area contributed by atoms with Crippen LogP contribution in [0.5, 0.6) is 5.75 Å². The summed E-state index contributed by atoms with van der Waals surface area (Å²) in [5.74, 6) is 0.106. The molecule has 3 aromatic carbocycles. The first-order valence-corrected chi connectivity index (χ1v) is 12.7. The number of fused-ring (bicyclic) bond motifs is 1. The van der Waals surface area contributed by atoms with Gasteiger partial charge in [0.25, 0.3) is 0 Å². The van der Waals surface area contributed by atoms with Gasteiger partial charge in [-0.25, -0.2) is 4.39 Å². The maximum absolute atomic E-state index is 13.8. The van der Waals surface area contributed by atoms with Gasteiger partial charge in [0.05, 0.1) is 17.5 Å². The second kappa shape index (κ2) is 9.44. The van der Waals surface area contributed by atoms with Crippen molar-refractivity contribution in [2.24, 2.45) is 0 Å². The maximum atomic E-state index is 13.8. The second-order valence-corrected chi connectivity index (χ2v) is 10.2. The third-order valence-corrected chi connectivity index (χ3v) is 7.74. The van der Waals surface area contributed by atoms with E-state index in [-0.39, 0.29) is 10.7 Å². The molecule has 0 amide bonds. The minimum atomic E-state index is -4.08. The first kappa shape index (κ1) is 23.7. The first-order valence-electron chi connectivity index (χ1n) is 9.27. The summed E-state index contributed by atoms with van der Waals surface area (Å²) in [7, 11) is -3.04. The number of rotatable bonds is 6. The predicted molar refractivity (Wildman–Crippen MR) is 130 cm³/mol. The predicted octanol–water partition coefficient (Wildman–Crippen LogP) is 7.46. The zero-order valence-corrected chi connectivity index (χ0v) is 20.9. The van der Waals surface area contributed by atoms with Crippen LogP contribution in [0.3, 0.4) is 0 Å². The average Bonchev–Trinajstić information content (AvgIpc) is 2.78. The van der Waals surface area contributed by atoms with Crippen molar-refractivity contribution < 1.29 is 21.5 Å². The molecule has 1 heterocycles. The van der Waals surface area contributed by atoms with Crippen molar-refractivity contribution in [1.29, 1.82) is 5.16 Å². The summed E-state index contributed by atoms with van der Waals surface area (Å²) in [4.78, 5) is 4.21. The van der Waals surface area contributed by atoms with Crippen molar-refractivity contribution in [3.63, 3.8) is 0 Å². The third-order valence-electron chi connectivity index (χ3n) is 4.91. The average molecular weight is 568 g/mol.